The Morgan fingerprint density at radius 1 is 1.11 bits per heavy atom. The summed E-state index contributed by atoms with van der Waals surface area (Å²) >= 11 is 6.60. The van der Waals surface area contributed by atoms with Gasteiger partial charge in [0.1, 0.15) is 0 Å². The molecule has 1 aliphatic carbocycles. The first-order chi connectivity index (χ1) is 13.0. The zero-order chi connectivity index (χ0) is 19.1. The van der Waals surface area contributed by atoms with Crippen molar-refractivity contribution in [2.75, 3.05) is 0 Å². The summed E-state index contributed by atoms with van der Waals surface area (Å²) < 4.78 is 2.32. The highest BCUT2D eigenvalue weighted by Crippen LogP contribution is 2.41. The third-order valence-corrected chi connectivity index (χ3v) is 6.18. The quantitative estimate of drug-likeness (QED) is 0.555. The van der Waals surface area contributed by atoms with Gasteiger partial charge in [-0.25, -0.2) is 4.85 Å². The van der Waals surface area contributed by atoms with Crippen LogP contribution in [-0.4, -0.2) is 20.8 Å². The van der Waals surface area contributed by atoms with E-state index in [0.717, 1.165) is 58.8 Å². The molecule has 4 rings (SSSR count). The first-order valence-corrected chi connectivity index (χ1v) is 9.68. The van der Waals surface area contributed by atoms with Crippen molar-refractivity contribution in [2.45, 2.75) is 51.7 Å². The second-order valence-electron chi connectivity index (χ2n) is 7.50. The summed E-state index contributed by atoms with van der Waals surface area (Å²) in [5, 5.41) is 11.6. The molecule has 1 aromatic carbocycles. The Bertz CT molecular complexity index is 1060. The van der Waals surface area contributed by atoms with E-state index in [9.17, 15) is 5.11 Å². The van der Waals surface area contributed by atoms with Crippen molar-refractivity contribution >= 4 is 28.2 Å². The zero-order valence-electron chi connectivity index (χ0n) is 15.5. The van der Waals surface area contributed by atoms with E-state index < -0.39 is 0 Å². The number of benzene rings is 1. The summed E-state index contributed by atoms with van der Waals surface area (Å²) in [5.74, 6) is 0. The minimum absolute atomic E-state index is 0.187. The predicted octanol–water partition coefficient (Wildman–Crippen LogP) is 6.00. The first-order valence-electron chi connectivity index (χ1n) is 9.30. The Balaban J connectivity index is 1.96. The number of rotatable bonds is 2. The molecule has 1 N–H and O–H groups in total. The smallest absolute Gasteiger partial charge is 0.190 e. The molecule has 5 heteroatoms. The maximum Gasteiger partial charge on any atom is 0.190 e. The van der Waals surface area contributed by atoms with Gasteiger partial charge in [0, 0.05) is 41.3 Å². The molecule has 1 aliphatic rings. The predicted molar refractivity (Wildman–Crippen MR) is 109 cm³/mol. The van der Waals surface area contributed by atoms with E-state index in [0.29, 0.717) is 16.8 Å². The molecular formula is C22H22ClN3O. The molecule has 0 bridgehead atoms. The Morgan fingerprint density at radius 3 is 2.56 bits per heavy atom. The van der Waals surface area contributed by atoms with Gasteiger partial charge in [0.25, 0.3) is 0 Å². The molecule has 2 aromatic heterocycles. The van der Waals surface area contributed by atoms with Crippen LogP contribution < -0.4 is 0 Å². The number of fused-ring (bicyclic) bond motifs is 1. The summed E-state index contributed by atoms with van der Waals surface area (Å²) in [4.78, 5) is 8.02. The molecule has 2 heterocycles. The van der Waals surface area contributed by atoms with Gasteiger partial charge in [-0.1, -0.05) is 11.6 Å². The van der Waals surface area contributed by atoms with Crippen molar-refractivity contribution in [2.24, 2.45) is 0 Å². The average Bonchev–Trinajstić information content (AvgIpc) is 3.02. The fourth-order valence-corrected chi connectivity index (χ4v) is 4.30. The van der Waals surface area contributed by atoms with E-state index in [2.05, 4.69) is 26.7 Å². The van der Waals surface area contributed by atoms with Crippen LogP contribution in [0.4, 0.5) is 5.69 Å². The number of nitrogens with zero attached hydrogens (tertiary/aromatic N) is 3. The number of halogens is 1. The number of hydrogen-bond donors (Lipinski definition) is 1. The van der Waals surface area contributed by atoms with Crippen LogP contribution in [0.3, 0.4) is 0 Å². The van der Waals surface area contributed by atoms with Crippen LogP contribution in [0.1, 0.15) is 42.9 Å². The van der Waals surface area contributed by atoms with Gasteiger partial charge in [-0.15, -0.1) is 0 Å². The zero-order valence-corrected chi connectivity index (χ0v) is 16.3. The highest BCUT2D eigenvalue weighted by molar-refractivity contribution is 6.34. The maximum absolute atomic E-state index is 9.88. The first kappa shape index (κ1) is 18.0. The molecule has 0 saturated heterocycles. The van der Waals surface area contributed by atoms with Crippen LogP contribution in [0.25, 0.3) is 26.9 Å². The van der Waals surface area contributed by atoms with E-state index in [1.54, 1.807) is 12.4 Å². The number of aliphatic hydroxyl groups is 1. The third kappa shape index (κ3) is 3.12. The summed E-state index contributed by atoms with van der Waals surface area (Å²) in [6.45, 7) is 11.4. The minimum Gasteiger partial charge on any atom is -0.393 e. The molecular weight excluding hydrogens is 358 g/mol. The fourth-order valence-electron chi connectivity index (χ4n) is 4.10. The van der Waals surface area contributed by atoms with Gasteiger partial charge in [0.2, 0.25) is 0 Å². The molecule has 0 aliphatic heterocycles. The number of aromatic nitrogens is 2. The second kappa shape index (κ2) is 6.99. The van der Waals surface area contributed by atoms with E-state index in [1.165, 1.54) is 0 Å². The van der Waals surface area contributed by atoms with E-state index in [1.807, 2.05) is 19.9 Å². The van der Waals surface area contributed by atoms with Gasteiger partial charge >= 0.3 is 0 Å². The van der Waals surface area contributed by atoms with Crippen molar-refractivity contribution in [3.63, 3.8) is 0 Å². The van der Waals surface area contributed by atoms with Gasteiger partial charge in [0.05, 0.1) is 17.7 Å². The number of aliphatic hydroxyl groups excluding tert-OH is 1. The van der Waals surface area contributed by atoms with E-state index in [4.69, 9.17) is 18.2 Å². The molecule has 1 saturated carbocycles. The maximum atomic E-state index is 9.88. The minimum atomic E-state index is -0.187. The van der Waals surface area contributed by atoms with Crippen LogP contribution >= 0.6 is 11.6 Å². The number of hydrogen-bond acceptors (Lipinski definition) is 2. The topological polar surface area (TPSA) is 42.4 Å². The molecule has 0 unspecified atom stereocenters. The van der Waals surface area contributed by atoms with Gasteiger partial charge in [-0.05, 0) is 68.2 Å². The van der Waals surface area contributed by atoms with Crippen molar-refractivity contribution in [1.29, 1.82) is 0 Å². The highest BCUT2D eigenvalue weighted by atomic mass is 35.5. The SMILES string of the molecule is [C-]#[N+]c1cc2c(-c3cncc(C)c3Cl)cn(C3CCC(O)CC3)c2cc1C. The summed E-state index contributed by atoms with van der Waals surface area (Å²) in [6, 6.07) is 4.42. The molecule has 27 heavy (non-hydrogen) atoms. The lowest BCUT2D eigenvalue weighted by molar-refractivity contribution is 0.111. The van der Waals surface area contributed by atoms with Crippen LogP contribution in [0, 0.1) is 20.4 Å². The third-order valence-electron chi connectivity index (χ3n) is 5.68. The van der Waals surface area contributed by atoms with Crippen molar-refractivity contribution < 1.29 is 5.11 Å². The largest absolute Gasteiger partial charge is 0.393 e. The Kier molecular flexibility index (Phi) is 4.67. The average molecular weight is 380 g/mol. The van der Waals surface area contributed by atoms with E-state index in [-0.39, 0.29) is 6.10 Å². The molecule has 1 fully saturated rings. The van der Waals surface area contributed by atoms with Crippen molar-refractivity contribution in [3.05, 3.63) is 58.3 Å². The van der Waals surface area contributed by atoms with Crippen molar-refractivity contribution in [1.82, 2.24) is 9.55 Å². The van der Waals surface area contributed by atoms with Gasteiger partial charge in [-0.3, -0.25) is 4.98 Å². The highest BCUT2D eigenvalue weighted by Gasteiger charge is 2.24. The summed E-state index contributed by atoms with van der Waals surface area (Å²) in [7, 11) is 0. The molecule has 4 nitrogen and oxygen atoms in total. The molecule has 3 aromatic rings. The fraction of sp³-hybridized carbons (Fsp3) is 0.364. The van der Waals surface area contributed by atoms with Crippen LogP contribution in [-0.2, 0) is 0 Å². The second-order valence-corrected chi connectivity index (χ2v) is 7.88. The monoisotopic (exact) mass is 379 g/mol. The summed E-state index contributed by atoms with van der Waals surface area (Å²) in [6.07, 6.45) is 9.09. The Morgan fingerprint density at radius 2 is 1.85 bits per heavy atom. The lowest BCUT2D eigenvalue weighted by atomic mass is 9.93. The normalized spacial score (nSPS) is 20.0. The standard InChI is InChI=1S/C22H22ClN3O/c1-13-8-21-17(9-20(13)24-3)19(18-11-25-10-14(2)22(18)23)12-26(21)15-4-6-16(27)7-5-15/h8-12,15-16,27H,4-7H2,1-2H3. The van der Waals surface area contributed by atoms with E-state index >= 15 is 0 Å². The van der Waals surface area contributed by atoms with Crippen LogP contribution in [0.2, 0.25) is 5.02 Å². The van der Waals surface area contributed by atoms with Crippen molar-refractivity contribution in [3.8, 4) is 11.1 Å². The molecule has 0 radical (unpaired) electrons. The Labute approximate surface area is 164 Å². The lowest BCUT2D eigenvalue weighted by Crippen LogP contribution is -2.20. The number of pyridine rings is 1. The van der Waals surface area contributed by atoms with Crippen LogP contribution in [0.15, 0.2) is 30.7 Å². The van der Waals surface area contributed by atoms with Gasteiger partial charge < -0.3 is 9.67 Å². The molecule has 0 spiro atoms. The van der Waals surface area contributed by atoms with Crippen LogP contribution in [0.5, 0.6) is 0 Å². The van der Waals surface area contributed by atoms with Gasteiger partial charge in [0.15, 0.2) is 5.69 Å². The number of aryl methyl sites for hydroxylation is 2. The molecule has 0 atom stereocenters. The summed E-state index contributed by atoms with van der Waals surface area (Å²) in [5.41, 5.74) is 5.62. The lowest BCUT2D eigenvalue weighted by Gasteiger charge is -2.27. The van der Waals surface area contributed by atoms with Gasteiger partial charge in [-0.2, -0.15) is 0 Å². The molecule has 138 valence electrons. The molecule has 0 amide bonds. The Hall–Kier alpha value is -2.35.